The summed E-state index contributed by atoms with van der Waals surface area (Å²) in [6.45, 7) is 1.51. The molecule has 2 N–H and O–H groups in total. The van der Waals surface area contributed by atoms with E-state index < -0.39 is 33.4 Å². The molecule has 1 saturated heterocycles. The van der Waals surface area contributed by atoms with Crippen molar-refractivity contribution in [1.82, 2.24) is 29.1 Å². The van der Waals surface area contributed by atoms with Gasteiger partial charge in [-0.2, -0.15) is 4.31 Å². The Morgan fingerprint density at radius 2 is 1.75 bits per heavy atom. The van der Waals surface area contributed by atoms with Gasteiger partial charge in [0.25, 0.3) is 15.9 Å². The van der Waals surface area contributed by atoms with Crippen LogP contribution in [0.2, 0.25) is 10.0 Å². The van der Waals surface area contributed by atoms with E-state index in [1.54, 1.807) is 31.5 Å². The van der Waals surface area contributed by atoms with E-state index in [2.05, 4.69) is 20.3 Å². The van der Waals surface area contributed by atoms with Crippen LogP contribution in [0.4, 0.5) is 11.6 Å². The third kappa shape index (κ3) is 5.14. The first-order valence-electron chi connectivity index (χ1n) is 13.7. The van der Waals surface area contributed by atoms with Crippen molar-refractivity contribution < 1.29 is 23.1 Å². The molecule has 12 nitrogen and oxygen atoms in total. The second-order valence-corrected chi connectivity index (χ2v) is 13.4. The van der Waals surface area contributed by atoms with Crippen molar-refractivity contribution >= 4 is 56.7 Å². The van der Waals surface area contributed by atoms with Gasteiger partial charge in [-0.15, -0.1) is 0 Å². The highest BCUT2D eigenvalue weighted by Crippen LogP contribution is 2.45. The molecule has 4 aromatic rings. The van der Waals surface area contributed by atoms with Gasteiger partial charge in [0.05, 0.1) is 18.5 Å². The fourth-order valence-electron chi connectivity index (χ4n) is 5.60. The number of hydrogen-bond acceptors (Lipinski definition) is 8. The fraction of sp³-hybridized carbons (Fsp3) is 0.276. The van der Waals surface area contributed by atoms with Crippen LogP contribution in [0, 0.1) is 0 Å². The molecular weight excluding hydrogens is 629 g/mol. The minimum absolute atomic E-state index is 0.00508. The van der Waals surface area contributed by atoms with Crippen molar-refractivity contribution in [3.05, 3.63) is 83.0 Å². The minimum atomic E-state index is -4.29. The highest BCUT2D eigenvalue weighted by Gasteiger charge is 2.54. The van der Waals surface area contributed by atoms with E-state index in [0.29, 0.717) is 12.1 Å². The highest BCUT2D eigenvalue weighted by atomic mass is 35.5. The molecule has 0 radical (unpaired) electrons. The quantitative estimate of drug-likeness (QED) is 0.279. The number of carbonyl (C=O) groups is 2. The monoisotopic (exact) mass is 655 g/mol. The molecule has 2 aliphatic rings. The molecule has 2 aliphatic heterocycles. The van der Waals surface area contributed by atoms with Gasteiger partial charge in [-0.1, -0.05) is 47.5 Å². The number of nitrogens with one attached hydrogen (secondary N) is 1. The normalized spacial score (nSPS) is 20.0. The average Bonchev–Trinajstić information content (AvgIpc) is 3.50. The number of aromatic nitrogens is 4. The summed E-state index contributed by atoms with van der Waals surface area (Å²) in [5, 5.41) is 12.0. The Hall–Kier alpha value is -3.88. The minimum Gasteiger partial charge on any atom is -0.395 e. The maximum Gasteiger partial charge on any atom is 0.261 e. The predicted molar refractivity (Wildman–Crippen MR) is 163 cm³/mol. The van der Waals surface area contributed by atoms with Crippen LogP contribution < -0.4 is 10.2 Å². The molecule has 2 amide bonds. The van der Waals surface area contributed by atoms with Crippen LogP contribution >= 0.6 is 23.2 Å². The van der Waals surface area contributed by atoms with Crippen LogP contribution in [-0.4, -0.2) is 74.9 Å². The van der Waals surface area contributed by atoms with Crippen LogP contribution in [-0.2, 0) is 31.6 Å². The van der Waals surface area contributed by atoms with Crippen molar-refractivity contribution in [3.8, 4) is 11.1 Å². The summed E-state index contributed by atoms with van der Waals surface area (Å²) in [6, 6.07) is 11.2. The first-order chi connectivity index (χ1) is 21.0. The Kier molecular flexibility index (Phi) is 7.92. The van der Waals surface area contributed by atoms with Gasteiger partial charge in [-0.3, -0.25) is 14.2 Å². The molecule has 2 aromatic heterocycles. The van der Waals surface area contributed by atoms with E-state index >= 15 is 0 Å². The number of sulfonamides is 1. The van der Waals surface area contributed by atoms with E-state index in [0.717, 1.165) is 21.0 Å². The number of benzene rings is 2. The van der Waals surface area contributed by atoms with Crippen LogP contribution in [0.15, 0.2) is 72.4 Å². The Morgan fingerprint density at radius 1 is 1.07 bits per heavy atom. The summed E-state index contributed by atoms with van der Waals surface area (Å²) in [7, 11) is -4.29. The number of fused-ring (bicyclic) bond motifs is 1. The molecule has 2 aromatic carbocycles. The summed E-state index contributed by atoms with van der Waals surface area (Å²) in [4.78, 5) is 40.8. The second-order valence-electron chi connectivity index (χ2n) is 10.7. The first-order valence-corrected chi connectivity index (χ1v) is 15.9. The smallest absolute Gasteiger partial charge is 0.261 e. The standard InChI is InChI=1S/C29H27Cl2N7O5S/c1-29(13-18-2-4-19(5-3-18)20-14-32-17-33-15-20)27(41)37(23-11-21(30)10-22(31)12-23)28-35-16-25(38(28)29)44(42,43)36-8-6-24(36)26(40)34-7-9-39/h2-5,10-12,14-17,24,39H,6-9,13H2,1H3,(H,34,40)/t24-,29+/m0/s1. The third-order valence-electron chi connectivity index (χ3n) is 7.83. The molecule has 1 fully saturated rings. The molecule has 0 spiro atoms. The molecule has 15 heteroatoms. The van der Waals surface area contributed by atoms with Gasteiger partial charge in [0.2, 0.25) is 11.9 Å². The van der Waals surface area contributed by atoms with E-state index in [-0.39, 0.29) is 47.1 Å². The van der Waals surface area contributed by atoms with E-state index in [9.17, 15) is 18.0 Å². The third-order valence-corrected chi connectivity index (χ3v) is 10.1. The van der Waals surface area contributed by atoms with Crippen LogP contribution in [0.25, 0.3) is 11.1 Å². The van der Waals surface area contributed by atoms with E-state index in [4.69, 9.17) is 28.3 Å². The van der Waals surface area contributed by atoms with Gasteiger partial charge >= 0.3 is 0 Å². The van der Waals surface area contributed by atoms with E-state index in [1.165, 1.54) is 28.1 Å². The van der Waals surface area contributed by atoms with Crippen molar-refractivity contribution in [2.24, 2.45) is 0 Å². The number of hydrogen-bond donors (Lipinski definition) is 2. The lowest BCUT2D eigenvalue weighted by atomic mass is 9.91. The lowest BCUT2D eigenvalue weighted by molar-refractivity contribution is -0.128. The number of imidazole rings is 1. The van der Waals surface area contributed by atoms with Crippen molar-refractivity contribution in [2.45, 2.75) is 36.4 Å². The number of rotatable bonds is 9. The average molecular weight is 657 g/mol. The molecule has 0 unspecified atom stereocenters. The summed E-state index contributed by atoms with van der Waals surface area (Å²) >= 11 is 12.6. The van der Waals surface area contributed by atoms with Crippen molar-refractivity contribution in [3.63, 3.8) is 0 Å². The molecule has 0 aliphatic carbocycles. The largest absolute Gasteiger partial charge is 0.395 e. The topological polar surface area (TPSA) is 151 Å². The van der Waals surface area contributed by atoms with Crippen LogP contribution in [0.1, 0.15) is 18.9 Å². The SMILES string of the molecule is C[C@@]1(Cc2ccc(-c3cncnc3)cc2)C(=O)N(c2cc(Cl)cc(Cl)c2)c2ncc(S(=O)(=O)N3CC[C@H]3C(=O)NCCO)n21. The number of carbonyl (C=O) groups excluding carboxylic acids is 2. The summed E-state index contributed by atoms with van der Waals surface area (Å²) < 4.78 is 30.7. The second kappa shape index (κ2) is 11.6. The number of amides is 2. The van der Waals surface area contributed by atoms with Gasteiger partial charge < -0.3 is 10.4 Å². The Bertz CT molecular complexity index is 1830. The van der Waals surface area contributed by atoms with Gasteiger partial charge in [-0.05, 0) is 42.7 Å². The highest BCUT2D eigenvalue weighted by molar-refractivity contribution is 7.89. The van der Waals surface area contributed by atoms with Crippen LogP contribution in [0.3, 0.4) is 0 Å². The van der Waals surface area contributed by atoms with Gasteiger partial charge in [-0.25, -0.2) is 28.3 Å². The molecule has 44 heavy (non-hydrogen) atoms. The maximum atomic E-state index is 14.4. The number of aliphatic hydroxyl groups excluding tert-OH is 1. The molecular formula is C29H27Cl2N7O5S. The van der Waals surface area contributed by atoms with Crippen molar-refractivity contribution in [2.75, 3.05) is 24.6 Å². The Balaban J connectivity index is 1.42. The molecule has 0 bridgehead atoms. The molecule has 4 heterocycles. The number of halogens is 2. The van der Waals surface area contributed by atoms with Gasteiger partial charge in [0.1, 0.15) is 17.9 Å². The summed E-state index contributed by atoms with van der Waals surface area (Å²) in [6.07, 6.45) is 6.48. The maximum absolute atomic E-state index is 14.4. The van der Waals surface area contributed by atoms with E-state index in [1.807, 2.05) is 24.3 Å². The Morgan fingerprint density at radius 3 is 2.36 bits per heavy atom. The zero-order valence-electron chi connectivity index (χ0n) is 23.4. The molecule has 0 saturated carbocycles. The molecule has 2 atom stereocenters. The fourth-order valence-corrected chi connectivity index (χ4v) is 7.94. The lowest BCUT2D eigenvalue weighted by Crippen LogP contribution is -2.58. The molecule has 228 valence electrons. The number of aliphatic hydroxyl groups is 1. The zero-order chi connectivity index (χ0) is 31.2. The van der Waals surface area contributed by atoms with Gasteiger partial charge in [0, 0.05) is 47.5 Å². The predicted octanol–water partition coefficient (Wildman–Crippen LogP) is 3.15. The number of anilines is 2. The van der Waals surface area contributed by atoms with Gasteiger partial charge in [0.15, 0.2) is 5.03 Å². The lowest BCUT2D eigenvalue weighted by Gasteiger charge is -2.38. The summed E-state index contributed by atoms with van der Waals surface area (Å²) in [5.41, 5.74) is 1.35. The number of nitrogens with zero attached hydrogens (tertiary/aromatic N) is 6. The molecule has 6 rings (SSSR count). The van der Waals surface area contributed by atoms with Crippen LogP contribution in [0.5, 0.6) is 0 Å². The summed E-state index contributed by atoms with van der Waals surface area (Å²) in [5.74, 6) is -0.862. The zero-order valence-corrected chi connectivity index (χ0v) is 25.7. The Labute approximate surface area is 263 Å². The van der Waals surface area contributed by atoms with Crippen molar-refractivity contribution in [1.29, 1.82) is 0 Å². The first kappa shape index (κ1) is 30.2.